The normalized spacial score (nSPS) is 12.0. The number of benzene rings is 1. The summed E-state index contributed by atoms with van der Waals surface area (Å²) in [5, 5.41) is 3.37. The van der Waals surface area contributed by atoms with E-state index in [4.69, 9.17) is 10.7 Å². The minimum Gasteiger partial charge on any atom is -0.383 e. The van der Waals surface area contributed by atoms with Crippen LogP contribution in [0.3, 0.4) is 0 Å². The zero-order valence-electron chi connectivity index (χ0n) is 17.4. The van der Waals surface area contributed by atoms with Crippen LogP contribution in [-0.4, -0.2) is 51.2 Å². The predicted octanol–water partition coefficient (Wildman–Crippen LogP) is 2.79. The Hall–Kier alpha value is -3.04. The zero-order chi connectivity index (χ0) is 21.5. The third-order valence-electron chi connectivity index (χ3n) is 4.45. The summed E-state index contributed by atoms with van der Waals surface area (Å²) < 4.78 is 15.4. The van der Waals surface area contributed by atoms with Crippen molar-refractivity contribution < 1.29 is 4.21 Å². The molecule has 0 saturated heterocycles. The number of rotatable bonds is 9. The van der Waals surface area contributed by atoms with Gasteiger partial charge in [-0.25, -0.2) is 14.2 Å². The Morgan fingerprint density at radius 3 is 2.53 bits per heavy atom. The minimum absolute atomic E-state index is 0.481. The minimum atomic E-state index is -1.38. The molecule has 0 aliphatic heterocycles. The third kappa shape index (κ3) is 5.52. The lowest BCUT2D eigenvalue weighted by molar-refractivity contribution is 0.425. The Kier molecular flexibility index (Phi) is 7.31. The average molecular weight is 426 g/mol. The van der Waals surface area contributed by atoms with Crippen LogP contribution in [0, 0.1) is 0 Å². The Bertz CT molecular complexity index is 994. The van der Waals surface area contributed by atoms with Crippen molar-refractivity contribution in [3.8, 4) is 11.4 Å². The van der Waals surface area contributed by atoms with E-state index in [9.17, 15) is 4.21 Å². The van der Waals surface area contributed by atoms with Gasteiger partial charge in [-0.3, -0.25) is 4.98 Å². The van der Waals surface area contributed by atoms with Crippen molar-refractivity contribution in [1.82, 2.24) is 19.9 Å². The van der Waals surface area contributed by atoms with Crippen LogP contribution in [0.1, 0.15) is 12.5 Å². The van der Waals surface area contributed by atoms with Crippen LogP contribution >= 0.6 is 0 Å². The molecule has 0 radical (unpaired) electrons. The number of hydrogen-bond acceptors (Lipinski definition) is 7. The summed E-state index contributed by atoms with van der Waals surface area (Å²) in [6.45, 7) is 3.68. The number of nitrogen functional groups attached to an aromatic ring is 1. The van der Waals surface area contributed by atoms with Crippen molar-refractivity contribution in [3.05, 3.63) is 54.4 Å². The van der Waals surface area contributed by atoms with Crippen molar-refractivity contribution in [2.45, 2.75) is 18.2 Å². The van der Waals surface area contributed by atoms with E-state index in [1.54, 1.807) is 24.5 Å². The van der Waals surface area contributed by atoms with Gasteiger partial charge in [-0.15, -0.1) is 0 Å². The quantitative estimate of drug-likeness (QED) is 0.484. The first-order valence-corrected chi connectivity index (χ1v) is 10.9. The maximum Gasteiger partial charge on any atom is 0.163 e. The molecule has 0 amide bonds. The zero-order valence-corrected chi connectivity index (χ0v) is 18.2. The standard InChI is InChI=1S/C21H27N7OS/c1-4-18-19(22)25-20(26-21(18)24-12-13-28(2)3)15-7-9-16(10-8-15)27-30(29)17-6-5-11-23-14-17/h5-11,14,27H,4,12-13H2,1-3H3,(H3,22,24,25,26). The molecule has 0 aliphatic rings. The second-order valence-electron chi connectivity index (χ2n) is 6.98. The first-order valence-electron chi connectivity index (χ1n) is 9.71. The summed E-state index contributed by atoms with van der Waals surface area (Å²) in [7, 11) is 2.67. The van der Waals surface area contributed by atoms with Crippen LogP contribution in [-0.2, 0) is 17.4 Å². The predicted molar refractivity (Wildman–Crippen MR) is 123 cm³/mol. The van der Waals surface area contributed by atoms with E-state index < -0.39 is 11.0 Å². The Morgan fingerprint density at radius 1 is 1.13 bits per heavy atom. The molecule has 0 fully saturated rings. The SMILES string of the molecule is CCc1c(N)nc(-c2ccc(NS(=O)c3cccnc3)cc2)nc1NCCN(C)C. The monoisotopic (exact) mass is 425 g/mol. The van der Waals surface area contributed by atoms with Gasteiger partial charge in [0, 0.05) is 42.3 Å². The second-order valence-corrected chi connectivity index (χ2v) is 8.19. The summed E-state index contributed by atoms with van der Waals surface area (Å²) in [5.41, 5.74) is 8.68. The molecule has 4 N–H and O–H groups in total. The van der Waals surface area contributed by atoms with E-state index in [2.05, 4.69) is 24.9 Å². The molecular formula is C21H27N7OS. The van der Waals surface area contributed by atoms with Crippen molar-refractivity contribution in [1.29, 1.82) is 0 Å². The lowest BCUT2D eigenvalue weighted by Crippen LogP contribution is -2.22. The Labute approximate surface area is 179 Å². The van der Waals surface area contributed by atoms with E-state index in [-0.39, 0.29) is 0 Å². The number of anilines is 3. The molecule has 1 aromatic carbocycles. The molecule has 3 rings (SSSR count). The largest absolute Gasteiger partial charge is 0.383 e. The molecule has 3 aromatic rings. The molecule has 2 heterocycles. The van der Waals surface area contributed by atoms with Gasteiger partial charge in [0.15, 0.2) is 16.8 Å². The highest BCUT2D eigenvalue weighted by Gasteiger charge is 2.13. The average Bonchev–Trinajstić information content (AvgIpc) is 2.74. The molecular weight excluding hydrogens is 398 g/mol. The van der Waals surface area contributed by atoms with Gasteiger partial charge in [-0.2, -0.15) is 0 Å². The highest BCUT2D eigenvalue weighted by Crippen LogP contribution is 2.25. The highest BCUT2D eigenvalue weighted by atomic mass is 32.2. The molecule has 2 aromatic heterocycles. The molecule has 0 spiro atoms. The summed E-state index contributed by atoms with van der Waals surface area (Å²) in [6.07, 6.45) is 3.97. The number of likely N-dealkylation sites (N-methyl/N-ethyl adjacent to an activating group) is 1. The number of hydrogen-bond donors (Lipinski definition) is 3. The molecule has 0 bridgehead atoms. The number of nitrogens with zero attached hydrogens (tertiary/aromatic N) is 4. The van der Waals surface area contributed by atoms with Crippen LogP contribution in [0.2, 0.25) is 0 Å². The Balaban J connectivity index is 1.78. The maximum absolute atomic E-state index is 12.4. The van der Waals surface area contributed by atoms with Crippen LogP contribution in [0.15, 0.2) is 53.7 Å². The van der Waals surface area contributed by atoms with Crippen LogP contribution < -0.4 is 15.8 Å². The lowest BCUT2D eigenvalue weighted by atomic mass is 10.1. The maximum atomic E-state index is 12.4. The topological polar surface area (TPSA) is 109 Å². The smallest absolute Gasteiger partial charge is 0.163 e. The van der Waals surface area contributed by atoms with E-state index >= 15 is 0 Å². The fraction of sp³-hybridized carbons (Fsp3) is 0.286. The molecule has 0 aliphatic carbocycles. The van der Waals surface area contributed by atoms with Gasteiger partial charge in [0.1, 0.15) is 11.6 Å². The second kappa shape index (κ2) is 10.1. The van der Waals surface area contributed by atoms with Gasteiger partial charge < -0.3 is 20.7 Å². The summed E-state index contributed by atoms with van der Waals surface area (Å²) in [4.78, 5) is 15.9. The molecule has 158 valence electrons. The summed E-state index contributed by atoms with van der Waals surface area (Å²) in [5.74, 6) is 1.80. The van der Waals surface area contributed by atoms with Gasteiger partial charge in [0.05, 0.1) is 4.90 Å². The Morgan fingerprint density at radius 2 is 1.90 bits per heavy atom. The molecule has 1 atom stereocenters. The van der Waals surface area contributed by atoms with Crippen molar-refractivity contribution in [2.24, 2.45) is 0 Å². The van der Waals surface area contributed by atoms with E-state index in [0.29, 0.717) is 16.5 Å². The molecule has 9 heteroatoms. The fourth-order valence-electron chi connectivity index (χ4n) is 2.83. The number of aromatic nitrogens is 3. The van der Waals surface area contributed by atoms with Crippen LogP contribution in [0.4, 0.5) is 17.3 Å². The van der Waals surface area contributed by atoms with Gasteiger partial charge >= 0.3 is 0 Å². The number of pyridine rings is 1. The molecule has 1 unspecified atom stereocenters. The lowest BCUT2D eigenvalue weighted by Gasteiger charge is -2.15. The van der Waals surface area contributed by atoms with Crippen LogP contribution in [0.25, 0.3) is 11.4 Å². The molecule has 8 nitrogen and oxygen atoms in total. The molecule has 30 heavy (non-hydrogen) atoms. The van der Waals surface area contributed by atoms with Crippen LogP contribution in [0.5, 0.6) is 0 Å². The fourth-order valence-corrected chi connectivity index (χ4v) is 3.66. The van der Waals surface area contributed by atoms with Gasteiger partial charge in [-0.05, 0) is 56.9 Å². The molecule has 0 saturated carbocycles. The first kappa shape index (κ1) is 21.7. The summed E-state index contributed by atoms with van der Waals surface area (Å²) in [6, 6.07) is 11.0. The van der Waals surface area contributed by atoms with Crippen molar-refractivity contribution in [3.63, 3.8) is 0 Å². The van der Waals surface area contributed by atoms with Gasteiger partial charge in [0.25, 0.3) is 0 Å². The van der Waals surface area contributed by atoms with Gasteiger partial charge in [-0.1, -0.05) is 6.92 Å². The van der Waals surface area contributed by atoms with E-state index in [0.717, 1.165) is 42.1 Å². The van der Waals surface area contributed by atoms with E-state index in [1.165, 1.54) is 0 Å². The third-order valence-corrected chi connectivity index (χ3v) is 5.54. The van der Waals surface area contributed by atoms with E-state index in [1.807, 2.05) is 45.3 Å². The first-order chi connectivity index (χ1) is 14.5. The van der Waals surface area contributed by atoms with Crippen molar-refractivity contribution in [2.75, 3.05) is 43.0 Å². The van der Waals surface area contributed by atoms with Crippen molar-refractivity contribution >= 4 is 28.3 Å². The highest BCUT2D eigenvalue weighted by molar-refractivity contribution is 7.86. The van der Waals surface area contributed by atoms with Gasteiger partial charge in [0.2, 0.25) is 0 Å². The summed E-state index contributed by atoms with van der Waals surface area (Å²) >= 11 is 0. The number of nitrogens with two attached hydrogens (primary N) is 1. The number of nitrogens with one attached hydrogen (secondary N) is 2.